The number of methoxy groups -OCH3 is 1. The standard InChI is InChI=1S/C27H26ClN3O3S/c1-34-23-12-6-5-11-22(23)30-26(33)24-18-25(32)31(17-7-10-19-8-3-2-4-9-19)27(35-24)29-21-15-13-20(28)14-16-21/h2-6,8-9,11-16,24H,7,10,17-18H2,1H3,(H,30,33). The fraction of sp³-hybridized carbons (Fsp3) is 0.222. The highest BCUT2D eigenvalue weighted by Crippen LogP contribution is 2.32. The molecule has 1 heterocycles. The van der Waals surface area contributed by atoms with Crippen LogP contribution in [0, 0.1) is 0 Å². The second kappa shape index (κ2) is 11.9. The van der Waals surface area contributed by atoms with Crippen molar-refractivity contribution in [3.8, 4) is 5.75 Å². The highest BCUT2D eigenvalue weighted by atomic mass is 35.5. The molecule has 1 aliphatic rings. The number of halogens is 1. The number of para-hydroxylation sites is 2. The number of carbonyl (C=O) groups is 2. The SMILES string of the molecule is COc1ccccc1NC(=O)C1CC(=O)N(CCCc2ccccc2)C(=Nc2ccc(Cl)cc2)S1. The van der Waals surface area contributed by atoms with E-state index in [9.17, 15) is 9.59 Å². The molecule has 0 aromatic heterocycles. The molecule has 0 saturated carbocycles. The van der Waals surface area contributed by atoms with Crippen LogP contribution in [0.5, 0.6) is 5.75 Å². The zero-order valence-corrected chi connectivity index (χ0v) is 20.9. The number of aliphatic imine (C=N–C) groups is 1. The minimum absolute atomic E-state index is 0.0939. The lowest BCUT2D eigenvalue weighted by Crippen LogP contribution is -2.45. The van der Waals surface area contributed by atoms with Crippen LogP contribution in [0.2, 0.25) is 5.02 Å². The summed E-state index contributed by atoms with van der Waals surface area (Å²) < 4.78 is 5.33. The predicted octanol–water partition coefficient (Wildman–Crippen LogP) is 5.94. The molecule has 180 valence electrons. The summed E-state index contributed by atoms with van der Waals surface area (Å²) in [4.78, 5) is 32.7. The molecule has 1 N–H and O–H groups in total. The van der Waals surface area contributed by atoms with Gasteiger partial charge in [0.15, 0.2) is 5.17 Å². The minimum Gasteiger partial charge on any atom is -0.495 e. The Balaban J connectivity index is 1.52. The van der Waals surface area contributed by atoms with Gasteiger partial charge in [0.25, 0.3) is 0 Å². The maximum absolute atomic E-state index is 13.2. The third-order valence-corrected chi connectivity index (χ3v) is 6.98. The number of nitrogens with zero attached hydrogens (tertiary/aromatic N) is 2. The molecule has 0 aliphatic carbocycles. The Morgan fingerprint density at radius 3 is 2.54 bits per heavy atom. The summed E-state index contributed by atoms with van der Waals surface area (Å²) in [6.45, 7) is 0.522. The third-order valence-electron chi connectivity index (χ3n) is 5.54. The van der Waals surface area contributed by atoms with E-state index in [4.69, 9.17) is 21.3 Å². The van der Waals surface area contributed by atoms with Gasteiger partial charge in [0.05, 0.1) is 18.5 Å². The largest absolute Gasteiger partial charge is 0.495 e. The first-order valence-corrected chi connectivity index (χ1v) is 12.6. The van der Waals surface area contributed by atoms with Crippen molar-refractivity contribution in [1.82, 2.24) is 4.90 Å². The first-order chi connectivity index (χ1) is 17.0. The zero-order chi connectivity index (χ0) is 24.6. The number of nitrogens with one attached hydrogen (secondary N) is 1. The number of ether oxygens (including phenoxy) is 1. The number of hydrogen-bond donors (Lipinski definition) is 1. The number of thioether (sulfide) groups is 1. The van der Waals surface area contributed by atoms with Crippen LogP contribution in [0.3, 0.4) is 0 Å². The Morgan fingerprint density at radius 2 is 1.80 bits per heavy atom. The van der Waals surface area contributed by atoms with Gasteiger partial charge in [-0.1, -0.05) is 65.8 Å². The molecule has 1 fully saturated rings. The summed E-state index contributed by atoms with van der Waals surface area (Å²) in [5.41, 5.74) is 2.45. The average Bonchev–Trinajstić information content (AvgIpc) is 2.87. The normalized spacial score (nSPS) is 16.9. The number of rotatable bonds is 8. The van der Waals surface area contributed by atoms with Crippen molar-refractivity contribution >= 4 is 51.7 Å². The monoisotopic (exact) mass is 507 g/mol. The fourth-order valence-corrected chi connectivity index (χ4v) is 4.99. The van der Waals surface area contributed by atoms with Crippen LogP contribution in [-0.4, -0.2) is 40.8 Å². The molecular formula is C27H26ClN3O3S. The van der Waals surface area contributed by atoms with Crippen molar-refractivity contribution in [2.45, 2.75) is 24.5 Å². The molecule has 1 atom stereocenters. The molecule has 2 amide bonds. The van der Waals surface area contributed by atoms with Gasteiger partial charge in [-0.15, -0.1) is 0 Å². The summed E-state index contributed by atoms with van der Waals surface area (Å²) in [6, 6.07) is 24.4. The van der Waals surface area contributed by atoms with Gasteiger partial charge in [-0.2, -0.15) is 0 Å². The molecule has 1 unspecified atom stereocenters. The van der Waals surface area contributed by atoms with Crippen LogP contribution < -0.4 is 10.1 Å². The second-order valence-electron chi connectivity index (χ2n) is 8.01. The van der Waals surface area contributed by atoms with Crippen molar-refractivity contribution < 1.29 is 14.3 Å². The van der Waals surface area contributed by atoms with E-state index in [0.717, 1.165) is 12.8 Å². The van der Waals surface area contributed by atoms with Gasteiger partial charge < -0.3 is 10.1 Å². The maximum atomic E-state index is 13.2. The lowest BCUT2D eigenvalue weighted by Gasteiger charge is -2.32. The highest BCUT2D eigenvalue weighted by Gasteiger charge is 2.36. The van der Waals surface area contributed by atoms with Crippen molar-refractivity contribution in [2.24, 2.45) is 4.99 Å². The van der Waals surface area contributed by atoms with Gasteiger partial charge in [0, 0.05) is 18.0 Å². The van der Waals surface area contributed by atoms with E-state index in [1.807, 2.05) is 30.3 Å². The van der Waals surface area contributed by atoms with Gasteiger partial charge in [0.2, 0.25) is 11.8 Å². The minimum atomic E-state index is -0.608. The molecule has 35 heavy (non-hydrogen) atoms. The molecule has 0 spiro atoms. The molecule has 3 aromatic rings. The van der Waals surface area contributed by atoms with E-state index in [2.05, 4.69) is 17.4 Å². The van der Waals surface area contributed by atoms with E-state index in [-0.39, 0.29) is 18.2 Å². The van der Waals surface area contributed by atoms with E-state index >= 15 is 0 Å². The lowest BCUT2D eigenvalue weighted by molar-refractivity contribution is -0.129. The van der Waals surface area contributed by atoms with Crippen LogP contribution in [0.25, 0.3) is 0 Å². The summed E-state index contributed by atoms with van der Waals surface area (Å²) >= 11 is 7.32. The van der Waals surface area contributed by atoms with Gasteiger partial charge in [0.1, 0.15) is 11.0 Å². The van der Waals surface area contributed by atoms with Crippen LogP contribution >= 0.6 is 23.4 Å². The molecule has 3 aromatic carbocycles. The van der Waals surface area contributed by atoms with E-state index in [1.54, 1.807) is 48.4 Å². The smallest absolute Gasteiger partial charge is 0.238 e. The first-order valence-electron chi connectivity index (χ1n) is 11.3. The molecule has 6 nitrogen and oxygen atoms in total. The quantitative estimate of drug-likeness (QED) is 0.409. The number of anilines is 1. The van der Waals surface area contributed by atoms with Gasteiger partial charge in [-0.05, 0) is 54.8 Å². The second-order valence-corrected chi connectivity index (χ2v) is 9.61. The summed E-state index contributed by atoms with van der Waals surface area (Å²) in [5, 5.41) is 3.41. The molecule has 4 rings (SSSR count). The van der Waals surface area contributed by atoms with Crippen LogP contribution in [0.15, 0.2) is 83.9 Å². The Labute approximate surface area is 214 Å². The zero-order valence-electron chi connectivity index (χ0n) is 19.3. The van der Waals surface area contributed by atoms with E-state index in [0.29, 0.717) is 33.9 Å². The van der Waals surface area contributed by atoms with Crippen LogP contribution in [-0.2, 0) is 16.0 Å². The third kappa shape index (κ3) is 6.65. The molecule has 8 heteroatoms. The van der Waals surface area contributed by atoms with Crippen molar-refractivity contribution in [3.63, 3.8) is 0 Å². The first kappa shape index (κ1) is 24.8. The number of aryl methyl sites for hydroxylation is 1. The topological polar surface area (TPSA) is 71.0 Å². The summed E-state index contributed by atoms with van der Waals surface area (Å²) in [5.74, 6) is 0.177. The molecule has 1 saturated heterocycles. The van der Waals surface area contributed by atoms with Crippen molar-refractivity contribution in [1.29, 1.82) is 0 Å². The average molecular weight is 508 g/mol. The Morgan fingerprint density at radius 1 is 1.09 bits per heavy atom. The highest BCUT2D eigenvalue weighted by molar-refractivity contribution is 8.15. The number of amides is 2. The van der Waals surface area contributed by atoms with Crippen molar-refractivity contribution in [2.75, 3.05) is 19.0 Å². The summed E-state index contributed by atoms with van der Waals surface area (Å²) in [7, 11) is 1.55. The van der Waals surface area contributed by atoms with Crippen LogP contribution in [0.1, 0.15) is 18.4 Å². The number of amidine groups is 1. The lowest BCUT2D eigenvalue weighted by atomic mass is 10.1. The Kier molecular flexibility index (Phi) is 8.45. The molecular weight excluding hydrogens is 482 g/mol. The molecule has 0 radical (unpaired) electrons. The summed E-state index contributed by atoms with van der Waals surface area (Å²) in [6.07, 6.45) is 1.73. The fourth-order valence-electron chi connectivity index (χ4n) is 3.73. The Bertz CT molecular complexity index is 1200. The van der Waals surface area contributed by atoms with E-state index in [1.165, 1.54) is 17.3 Å². The number of hydrogen-bond acceptors (Lipinski definition) is 5. The Hall–Kier alpha value is -3.29. The molecule has 1 aliphatic heterocycles. The van der Waals surface area contributed by atoms with E-state index < -0.39 is 5.25 Å². The maximum Gasteiger partial charge on any atom is 0.238 e. The van der Waals surface area contributed by atoms with Gasteiger partial charge >= 0.3 is 0 Å². The van der Waals surface area contributed by atoms with Crippen LogP contribution in [0.4, 0.5) is 11.4 Å². The predicted molar refractivity (Wildman–Crippen MR) is 143 cm³/mol. The van der Waals surface area contributed by atoms with Gasteiger partial charge in [-0.25, -0.2) is 4.99 Å². The van der Waals surface area contributed by atoms with Crippen molar-refractivity contribution in [3.05, 3.63) is 89.4 Å². The van der Waals surface area contributed by atoms with Gasteiger partial charge in [-0.3, -0.25) is 14.5 Å². The number of carbonyl (C=O) groups excluding carboxylic acids is 2. The molecule has 0 bridgehead atoms. The number of benzene rings is 3.